The molecule has 0 bridgehead atoms. The standard InChI is InChI=1S/C17H20N4O2/c18-16(22)15(9-14-10-19-11-20-14)21-7-6-13(17(21)23)8-12-4-2-1-3-5-12/h1-5,10-11,13,15H,6-9H2,(H2,18,22)(H,19,20)/t13-,15+/m1/s1. The Labute approximate surface area is 134 Å². The minimum atomic E-state index is -0.633. The molecule has 2 aromatic rings. The lowest BCUT2D eigenvalue weighted by Crippen LogP contribution is -2.47. The monoisotopic (exact) mass is 312 g/mol. The molecule has 0 radical (unpaired) electrons. The predicted octanol–water partition coefficient (Wildman–Crippen LogP) is 0.897. The number of amides is 2. The summed E-state index contributed by atoms with van der Waals surface area (Å²) in [6.07, 6.45) is 5.07. The van der Waals surface area contributed by atoms with E-state index in [1.165, 1.54) is 0 Å². The third-order valence-electron chi connectivity index (χ3n) is 4.34. The lowest BCUT2D eigenvalue weighted by Gasteiger charge is -2.25. The van der Waals surface area contributed by atoms with Crippen molar-refractivity contribution >= 4 is 11.8 Å². The Morgan fingerprint density at radius 3 is 2.83 bits per heavy atom. The van der Waals surface area contributed by atoms with E-state index in [9.17, 15) is 9.59 Å². The summed E-state index contributed by atoms with van der Waals surface area (Å²) in [6.45, 7) is 0.564. The third kappa shape index (κ3) is 3.41. The molecule has 0 aliphatic carbocycles. The van der Waals surface area contributed by atoms with Crippen LogP contribution in [0.4, 0.5) is 0 Å². The molecule has 2 amide bonds. The number of nitrogens with zero attached hydrogens (tertiary/aromatic N) is 2. The van der Waals surface area contributed by atoms with Crippen LogP contribution < -0.4 is 5.73 Å². The van der Waals surface area contributed by atoms with E-state index in [4.69, 9.17) is 5.73 Å². The summed E-state index contributed by atoms with van der Waals surface area (Å²) < 4.78 is 0. The number of carbonyl (C=O) groups excluding carboxylic acids is 2. The van der Waals surface area contributed by atoms with Gasteiger partial charge in [0.25, 0.3) is 0 Å². The normalized spacial score (nSPS) is 19.0. The number of rotatable bonds is 6. The Bertz CT molecular complexity index is 669. The number of aromatic nitrogens is 2. The van der Waals surface area contributed by atoms with Gasteiger partial charge in [-0.3, -0.25) is 9.59 Å². The van der Waals surface area contributed by atoms with Gasteiger partial charge in [-0.1, -0.05) is 30.3 Å². The SMILES string of the molecule is NC(=O)[C@H](Cc1c[nH]cn1)N1CC[C@H](Cc2ccccc2)C1=O. The molecule has 6 heteroatoms. The van der Waals surface area contributed by atoms with Crippen molar-refractivity contribution in [3.63, 3.8) is 0 Å². The minimum Gasteiger partial charge on any atom is -0.368 e. The maximum Gasteiger partial charge on any atom is 0.240 e. The lowest BCUT2D eigenvalue weighted by atomic mass is 9.98. The molecular weight excluding hydrogens is 292 g/mol. The Morgan fingerprint density at radius 1 is 1.39 bits per heavy atom. The van der Waals surface area contributed by atoms with Crippen LogP contribution in [0.1, 0.15) is 17.7 Å². The first kappa shape index (κ1) is 15.3. The smallest absolute Gasteiger partial charge is 0.240 e. The van der Waals surface area contributed by atoms with Gasteiger partial charge in [-0.05, 0) is 18.4 Å². The number of H-pyrrole nitrogens is 1. The highest BCUT2D eigenvalue weighted by atomic mass is 16.2. The Morgan fingerprint density at radius 2 is 2.17 bits per heavy atom. The van der Waals surface area contributed by atoms with Gasteiger partial charge in [0.1, 0.15) is 6.04 Å². The van der Waals surface area contributed by atoms with E-state index in [-0.39, 0.29) is 11.8 Å². The van der Waals surface area contributed by atoms with Gasteiger partial charge < -0.3 is 15.6 Å². The highest BCUT2D eigenvalue weighted by molar-refractivity contribution is 5.89. The number of hydrogen-bond donors (Lipinski definition) is 2. The molecule has 1 fully saturated rings. The van der Waals surface area contributed by atoms with Crippen LogP contribution in [-0.4, -0.2) is 39.3 Å². The second-order valence-corrected chi connectivity index (χ2v) is 5.89. The zero-order chi connectivity index (χ0) is 16.2. The molecule has 0 saturated carbocycles. The van der Waals surface area contributed by atoms with Crippen molar-refractivity contribution < 1.29 is 9.59 Å². The number of nitrogens with two attached hydrogens (primary N) is 1. The highest BCUT2D eigenvalue weighted by Crippen LogP contribution is 2.25. The van der Waals surface area contributed by atoms with Gasteiger partial charge in [0.2, 0.25) is 11.8 Å². The van der Waals surface area contributed by atoms with Crippen LogP contribution in [-0.2, 0) is 22.4 Å². The Hall–Kier alpha value is -2.63. The van der Waals surface area contributed by atoms with Gasteiger partial charge in [-0.25, -0.2) is 4.98 Å². The third-order valence-corrected chi connectivity index (χ3v) is 4.34. The van der Waals surface area contributed by atoms with Crippen molar-refractivity contribution in [2.24, 2.45) is 11.7 Å². The summed E-state index contributed by atoms with van der Waals surface area (Å²) in [5, 5.41) is 0. The summed E-state index contributed by atoms with van der Waals surface area (Å²) >= 11 is 0. The fourth-order valence-electron chi connectivity index (χ4n) is 3.13. The number of nitrogens with one attached hydrogen (secondary N) is 1. The molecule has 1 saturated heterocycles. The fourth-order valence-corrected chi connectivity index (χ4v) is 3.13. The first-order valence-electron chi connectivity index (χ1n) is 7.76. The van der Waals surface area contributed by atoms with Crippen LogP contribution in [0.3, 0.4) is 0 Å². The molecule has 120 valence electrons. The van der Waals surface area contributed by atoms with Crippen LogP contribution in [0.2, 0.25) is 0 Å². The summed E-state index contributed by atoms with van der Waals surface area (Å²) in [7, 11) is 0. The van der Waals surface area contributed by atoms with Gasteiger partial charge in [-0.15, -0.1) is 0 Å². The molecule has 2 atom stereocenters. The topological polar surface area (TPSA) is 92.1 Å². The van der Waals surface area contributed by atoms with E-state index in [0.29, 0.717) is 19.4 Å². The van der Waals surface area contributed by atoms with Crippen LogP contribution in [0.15, 0.2) is 42.9 Å². The molecular formula is C17H20N4O2. The van der Waals surface area contributed by atoms with Gasteiger partial charge in [-0.2, -0.15) is 0 Å². The van der Waals surface area contributed by atoms with Crippen molar-refractivity contribution in [3.8, 4) is 0 Å². The summed E-state index contributed by atoms with van der Waals surface area (Å²) in [5.74, 6) is -0.562. The molecule has 1 aliphatic rings. The second kappa shape index (κ2) is 6.64. The second-order valence-electron chi connectivity index (χ2n) is 5.89. The maximum atomic E-state index is 12.7. The van der Waals surface area contributed by atoms with Crippen LogP contribution in [0.25, 0.3) is 0 Å². The first-order valence-corrected chi connectivity index (χ1v) is 7.76. The number of hydrogen-bond acceptors (Lipinski definition) is 3. The van der Waals surface area contributed by atoms with E-state index < -0.39 is 11.9 Å². The van der Waals surface area contributed by atoms with Crippen molar-refractivity contribution in [2.45, 2.75) is 25.3 Å². The van der Waals surface area contributed by atoms with Gasteiger partial charge >= 0.3 is 0 Å². The number of aromatic amines is 1. The van der Waals surface area contributed by atoms with Crippen molar-refractivity contribution in [2.75, 3.05) is 6.54 Å². The maximum absolute atomic E-state index is 12.7. The highest BCUT2D eigenvalue weighted by Gasteiger charge is 2.38. The summed E-state index contributed by atoms with van der Waals surface area (Å²) in [4.78, 5) is 33.1. The number of primary amides is 1. The first-order chi connectivity index (χ1) is 11.1. The Balaban J connectivity index is 1.70. The molecule has 1 aliphatic heterocycles. The number of carbonyl (C=O) groups is 2. The molecule has 2 heterocycles. The molecule has 3 rings (SSSR count). The molecule has 23 heavy (non-hydrogen) atoms. The molecule has 0 spiro atoms. The van der Waals surface area contributed by atoms with E-state index in [0.717, 1.165) is 17.7 Å². The van der Waals surface area contributed by atoms with Gasteiger partial charge in [0.05, 0.1) is 12.0 Å². The van der Waals surface area contributed by atoms with E-state index in [1.807, 2.05) is 30.3 Å². The molecule has 0 unspecified atom stereocenters. The average Bonchev–Trinajstić information content (AvgIpc) is 3.17. The number of benzene rings is 1. The summed E-state index contributed by atoms with van der Waals surface area (Å²) in [5.41, 5.74) is 7.39. The van der Waals surface area contributed by atoms with Crippen LogP contribution >= 0.6 is 0 Å². The largest absolute Gasteiger partial charge is 0.368 e. The number of likely N-dealkylation sites (tertiary alicyclic amines) is 1. The van der Waals surface area contributed by atoms with Crippen molar-refractivity contribution in [1.82, 2.24) is 14.9 Å². The lowest BCUT2D eigenvalue weighted by molar-refractivity contribution is -0.138. The van der Waals surface area contributed by atoms with Gasteiger partial charge in [0, 0.05) is 25.1 Å². The Kier molecular flexibility index (Phi) is 4.41. The van der Waals surface area contributed by atoms with E-state index in [1.54, 1.807) is 17.4 Å². The average molecular weight is 312 g/mol. The molecule has 1 aromatic heterocycles. The zero-order valence-electron chi connectivity index (χ0n) is 12.8. The predicted molar refractivity (Wildman–Crippen MR) is 85.2 cm³/mol. The summed E-state index contributed by atoms with van der Waals surface area (Å²) in [6, 6.07) is 9.30. The van der Waals surface area contributed by atoms with E-state index in [2.05, 4.69) is 9.97 Å². The van der Waals surface area contributed by atoms with E-state index >= 15 is 0 Å². The zero-order valence-corrected chi connectivity index (χ0v) is 12.8. The molecule has 3 N–H and O–H groups in total. The number of imidazole rings is 1. The van der Waals surface area contributed by atoms with Crippen molar-refractivity contribution in [3.05, 3.63) is 54.1 Å². The van der Waals surface area contributed by atoms with Crippen LogP contribution in [0.5, 0.6) is 0 Å². The van der Waals surface area contributed by atoms with Crippen LogP contribution in [0, 0.1) is 5.92 Å². The van der Waals surface area contributed by atoms with Crippen molar-refractivity contribution in [1.29, 1.82) is 0 Å². The quantitative estimate of drug-likeness (QED) is 0.830. The fraction of sp³-hybridized carbons (Fsp3) is 0.353. The molecule has 6 nitrogen and oxygen atoms in total. The van der Waals surface area contributed by atoms with Gasteiger partial charge in [0.15, 0.2) is 0 Å². The minimum absolute atomic E-state index is 0.00758. The molecule has 1 aromatic carbocycles.